The van der Waals surface area contributed by atoms with Crippen molar-refractivity contribution in [3.05, 3.63) is 65.7 Å². The van der Waals surface area contributed by atoms with Gasteiger partial charge in [0.05, 0.1) is 18.7 Å². The maximum absolute atomic E-state index is 12.3. The highest BCUT2D eigenvalue weighted by Gasteiger charge is 2.24. The Labute approximate surface area is 130 Å². The summed E-state index contributed by atoms with van der Waals surface area (Å²) in [7, 11) is 0. The summed E-state index contributed by atoms with van der Waals surface area (Å²) in [5.74, 6) is 0.723. The first-order valence-corrected chi connectivity index (χ1v) is 7.55. The van der Waals surface area contributed by atoms with Crippen molar-refractivity contribution >= 4 is 5.91 Å². The van der Waals surface area contributed by atoms with Gasteiger partial charge in [-0.25, -0.2) is 0 Å². The van der Waals surface area contributed by atoms with E-state index in [0.717, 1.165) is 23.3 Å². The molecule has 4 nitrogen and oxygen atoms in total. The summed E-state index contributed by atoms with van der Waals surface area (Å²) < 4.78 is 5.61. The molecule has 0 fully saturated rings. The number of carbonyl (C=O) groups excluding carboxylic acids is 1. The van der Waals surface area contributed by atoms with E-state index in [1.165, 1.54) is 0 Å². The molecular weight excluding hydrogens is 276 g/mol. The van der Waals surface area contributed by atoms with Crippen LogP contribution in [0.25, 0.3) is 0 Å². The first-order chi connectivity index (χ1) is 10.7. The fraction of sp³-hybridized carbons (Fsp3) is 0.278. The van der Waals surface area contributed by atoms with Crippen molar-refractivity contribution in [1.29, 1.82) is 0 Å². The summed E-state index contributed by atoms with van der Waals surface area (Å²) in [6, 6.07) is 17.1. The summed E-state index contributed by atoms with van der Waals surface area (Å²) >= 11 is 0. The van der Waals surface area contributed by atoms with E-state index in [4.69, 9.17) is 10.5 Å². The molecule has 1 unspecified atom stereocenters. The number of hydrogen-bond donors (Lipinski definition) is 2. The van der Waals surface area contributed by atoms with E-state index in [2.05, 4.69) is 5.32 Å². The number of amides is 1. The van der Waals surface area contributed by atoms with Crippen molar-refractivity contribution in [2.45, 2.75) is 24.9 Å². The molecule has 1 aliphatic rings. The van der Waals surface area contributed by atoms with Crippen molar-refractivity contribution in [3.63, 3.8) is 0 Å². The monoisotopic (exact) mass is 296 g/mol. The highest BCUT2D eigenvalue weighted by Crippen LogP contribution is 2.31. The minimum Gasteiger partial charge on any atom is -0.493 e. The molecule has 2 aromatic rings. The second-order valence-electron chi connectivity index (χ2n) is 5.53. The molecule has 0 saturated heterocycles. The molecule has 0 bridgehead atoms. The van der Waals surface area contributed by atoms with Gasteiger partial charge in [0.15, 0.2) is 0 Å². The van der Waals surface area contributed by atoms with Gasteiger partial charge in [-0.2, -0.15) is 0 Å². The number of para-hydroxylation sites is 1. The average Bonchev–Trinajstić information content (AvgIpc) is 2.56. The molecule has 0 aliphatic carbocycles. The number of nitrogens with one attached hydrogen (secondary N) is 1. The average molecular weight is 296 g/mol. The van der Waals surface area contributed by atoms with Gasteiger partial charge in [0.25, 0.3) is 0 Å². The summed E-state index contributed by atoms with van der Waals surface area (Å²) in [5, 5.41) is 3.05. The molecule has 2 atom stereocenters. The van der Waals surface area contributed by atoms with E-state index in [1.807, 2.05) is 54.6 Å². The minimum atomic E-state index is -0.544. The van der Waals surface area contributed by atoms with E-state index >= 15 is 0 Å². The number of rotatable bonds is 4. The SMILES string of the molecule is N[C@@H](Cc1ccccc1)C(=O)NC1CCOc2ccccc21. The Morgan fingerprint density at radius 1 is 1.18 bits per heavy atom. The molecule has 0 aromatic heterocycles. The Bertz CT molecular complexity index is 643. The van der Waals surface area contributed by atoms with Crippen LogP contribution in [0.4, 0.5) is 0 Å². The van der Waals surface area contributed by atoms with Gasteiger partial charge in [0, 0.05) is 12.0 Å². The number of carbonyl (C=O) groups is 1. The molecule has 114 valence electrons. The third-order valence-corrected chi connectivity index (χ3v) is 3.91. The molecule has 0 spiro atoms. The fourth-order valence-corrected chi connectivity index (χ4v) is 2.73. The van der Waals surface area contributed by atoms with Gasteiger partial charge in [-0.1, -0.05) is 48.5 Å². The Hall–Kier alpha value is -2.33. The predicted molar refractivity (Wildman–Crippen MR) is 85.6 cm³/mol. The van der Waals surface area contributed by atoms with E-state index in [0.29, 0.717) is 13.0 Å². The second-order valence-corrected chi connectivity index (χ2v) is 5.53. The largest absolute Gasteiger partial charge is 0.493 e. The van der Waals surface area contributed by atoms with Crippen molar-refractivity contribution in [2.24, 2.45) is 5.73 Å². The summed E-state index contributed by atoms with van der Waals surface area (Å²) in [5.41, 5.74) is 8.13. The molecule has 4 heteroatoms. The lowest BCUT2D eigenvalue weighted by Crippen LogP contribution is -2.44. The quantitative estimate of drug-likeness (QED) is 0.909. The van der Waals surface area contributed by atoms with Crippen LogP contribution in [0.1, 0.15) is 23.6 Å². The maximum atomic E-state index is 12.3. The highest BCUT2D eigenvalue weighted by molar-refractivity contribution is 5.82. The van der Waals surface area contributed by atoms with Crippen LogP contribution in [0.5, 0.6) is 5.75 Å². The Morgan fingerprint density at radius 3 is 2.73 bits per heavy atom. The van der Waals surface area contributed by atoms with Crippen LogP contribution in [0, 0.1) is 0 Å². The zero-order chi connectivity index (χ0) is 15.4. The molecular formula is C18H20N2O2. The van der Waals surface area contributed by atoms with Crippen LogP contribution in [-0.4, -0.2) is 18.6 Å². The van der Waals surface area contributed by atoms with Gasteiger partial charge in [-0.15, -0.1) is 0 Å². The Morgan fingerprint density at radius 2 is 1.91 bits per heavy atom. The van der Waals surface area contributed by atoms with Gasteiger partial charge in [-0.3, -0.25) is 4.79 Å². The normalized spacial score (nSPS) is 18.0. The van der Waals surface area contributed by atoms with Crippen LogP contribution < -0.4 is 15.8 Å². The molecule has 2 aromatic carbocycles. The second kappa shape index (κ2) is 6.62. The number of hydrogen-bond acceptors (Lipinski definition) is 3. The smallest absolute Gasteiger partial charge is 0.237 e. The van der Waals surface area contributed by atoms with E-state index in [1.54, 1.807) is 0 Å². The van der Waals surface area contributed by atoms with Crippen LogP contribution in [0.2, 0.25) is 0 Å². The Kier molecular flexibility index (Phi) is 4.39. The Balaban J connectivity index is 1.65. The maximum Gasteiger partial charge on any atom is 0.237 e. The molecule has 1 heterocycles. The lowest BCUT2D eigenvalue weighted by atomic mass is 9.99. The van der Waals surface area contributed by atoms with Gasteiger partial charge in [0.2, 0.25) is 5.91 Å². The van der Waals surface area contributed by atoms with Gasteiger partial charge in [0.1, 0.15) is 5.75 Å². The van der Waals surface area contributed by atoms with Crippen LogP contribution in [0.15, 0.2) is 54.6 Å². The molecule has 22 heavy (non-hydrogen) atoms. The fourth-order valence-electron chi connectivity index (χ4n) is 2.73. The molecule has 0 saturated carbocycles. The van der Waals surface area contributed by atoms with E-state index in [-0.39, 0.29) is 11.9 Å². The first kappa shape index (κ1) is 14.6. The first-order valence-electron chi connectivity index (χ1n) is 7.55. The van der Waals surface area contributed by atoms with Crippen molar-refractivity contribution < 1.29 is 9.53 Å². The van der Waals surface area contributed by atoms with Gasteiger partial charge in [-0.05, 0) is 18.1 Å². The standard InChI is InChI=1S/C18H20N2O2/c19-15(12-13-6-2-1-3-7-13)18(21)20-16-10-11-22-17-9-5-4-8-14(16)17/h1-9,15-16H,10-12,19H2,(H,20,21)/t15-,16?/m0/s1. The number of nitrogens with two attached hydrogens (primary N) is 1. The number of ether oxygens (including phenoxy) is 1. The van der Waals surface area contributed by atoms with Crippen LogP contribution in [0.3, 0.4) is 0 Å². The minimum absolute atomic E-state index is 0.0285. The van der Waals surface area contributed by atoms with Crippen molar-refractivity contribution in [1.82, 2.24) is 5.32 Å². The van der Waals surface area contributed by atoms with Crippen molar-refractivity contribution in [3.8, 4) is 5.75 Å². The lowest BCUT2D eigenvalue weighted by molar-refractivity contribution is -0.123. The van der Waals surface area contributed by atoms with E-state index < -0.39 is 6.04 Å². The zero-order valence-corrected chi connectivity index (χ0v) is 12.4. The van der Waals surface area contributed by atoms with Crippen LogP contribution in [-0.2, 0) is 11.2 Å². The van der Waals surface area contributed by atoms with Gasteiger partial charge >= 0.3 is 0 Å². The molecule has 1 aliphatic heterocycles. The molecule has 0 radical (unpaired) electrons. The summed E-state index contributed by atoms with van der Waals surface area (Å²) in [4.78, 5) is 12.3. The van der Waals surface area contributed by atoms with Crippen LogP contribution >= 0.6 is 0 Å². The number of benzene rings is 2. The zero-order valence-electron chi connectivity index (χ0n) is 12.4. The molecule has 1 amide bonds. The third-order valence-electron chi connectivity index (χ3n) is 3.91. The van der Waals surface area contributed by atoms with E-state index in [9.17, 15) is 4.79 Å². The summed E-state index contributed by atoms with van der Waals surface area (Å²) in [6.45, 7) is 0.607. The predicted octanol–water partition coefficient (Wildman–Crippen LogP) is 2.20. The van der Waals surface area contributed by atoms with Gasteiger partial charge < -0.3 is 15.8 Å². The topological polar surface area (TPSA) is 64.4 Å². The lowest BCUT2D eigenvalue weighted by Gasteiger charge is -2.27. The molecule has 3 N–H and O–H groups in total. The molecule has 3 rings (SSSR count). The number of fused-ring (bicyclic) bond motifs is 1. The summed E-state index contributed by atoms with van der Waals surface area (Å²) in [6.07, 6.45) is 1.30. The van der Waals surface area contributed by atoms with Crippen molar-refractivity contribution in [2.75, 3.05) is 6.61 Å². The highest BCUT2D eigenvalue weighted by atomic mass is 16.5. The third kappa shape index (κ3) is 3.28.